The molecule has 92 valence electrons. The van der Waals surface area contributed by atoms with E-state index in [9.17, 15) is 9.90 Å². The molecule has 2 rings (SSSR count). The van der Waals surface area contributed by atoms with Gasteiger partial charge in [0.1, 0.15) is 5.75 Å². The molecule has 2 aromatic rings. The Bertz CT molecular complexity index is 557. The monoisotopic (exact) mass is 240 g/mol. The zero-order valence-electron chi connectivity index (χ0n) is 10.6. The van der Waals surface area contributed by atoms with Crippen LogP contribution in [-0.2, 0) is 0 Å². The van der Waals surface area contributed by atoms with E-state index in [0.717, 1.165) is 23.0 Å². The molecule has 0 amide bonds. The van der Waals surface area contributed by atoms with Crippen molar-refractivity contribution < 1.29 is 9.90 Å². The van der Waals surface area contributed by atoms with E-state index < -0.39 is 0 Å². The van der Waals surface area contributed by atoms with E-state index >= 15 is 0 Å². The summed E-state index contributed by atoms with van der Waals surface area (Å²) in [6.45, 7) is 3.98. The summed E-state index contributed by atoms with van der Waals surface area (Å²) < 4.78 is 0. The molecule has 0 saturated carbocycles. The predicted molar refractivity (Wildman–Crippen MR) is 73.0 cm³/mol. The molecule has 0 aliphatic rings. The van der Waals surface area contributed by atoms with E-state index in [2.05, 4.69) is 0 Å². The average molecular weight is 240 g/mol. The third-order valence-electron chi connectivity index (χ3n) is 3.07. The standard InChI is InChI=1S/C16H16O2/c1-11(2)13-8-9-14(15(10-17)16(13)18)12-6-4-3-5-7-12/h3-11,18H,1-2H3. The number of rotatable bonds is 3. The molecule has 0 aromatic heterocycles. The minimum absolute atomic E-state index is 0.0985. The molecule has 0 unspecified atom stereocenters. The average Bonchev–Trinajstić information content (AvgIpc) is 2.39. The topological polar surface area (TPSA) is 37.3 Å². The van der Waals surface area contributed by atoms with Crippen molar-refractivity contribution in [1.82, 2.24) is 0 Å². The van der Waals surface area contributed by atoms with E-state index in [-0.39, 0.29) is 11.7 Å². The van der Waals surface area contributed by atoms with Gasteiger partial charge in [0.2, 0.25) is 0 Å². The lowest BCUT2D eigenvalue weighted by molar-refractivity contribution is 0.112. The summed E-state index contributed by atoms with van der Waals surface area (Å²) in [6.07, 6.45) is 0.726. The number of carbonyl (C=O) groups is 1. The van der Waals surface area contributed by atoms with Crippen molar-refractivity contribution in [1.29, 1.82) is 0 Å². The van der Waals surface area contributed by atoms with Gasteiger partial charge in [-0.05, 0) is 22.6 Å². The Morgan fingerprint density at radius 3 is 2.28 bits per heavy atom. The molecular weight excluding hydrogens is 224 g/mol. The van der Waals surface area contributed by atoms with Gasteiger partial charge in [0.15, 0.2) is 6.29 Å². The SMILES string of the molecule is CC(C)c1ccc(-c2ccccc2)c(C=O)c1O. The van der Waals surface area contributed by atoms with Crippen molar-refractivity contribution in [3.63, 3.8) is 0 Å². The normalized spacial score (nSPS) is 10.6. The van der Waals surface area contributed by atoms with Crippen LogP contribution < -0.4 is 0 Å². The smallest absolute Gasteiger partial charge is 0.154 e. The molecule has 1 N–H and O–H groups in total. The zero-order valence-corrected chi connectivity index (χ0v) is 10.6. The first-order valence-corrected chi connectivity index (χ1v) is 6.01. The van der Waals surface area contributed by atoms with Gasteiger partial charge >= 0.3 is 0 Å². The number of aldehydes is 1. The van der Waals surface area contributed by atoms with Crippen molar-refractivity contribution in [2.75, 3.05) is 0 Å². The summed E-state index contributed by atoms with van der Waals surface area (Å²) in [6, 6.07) is 13.4. The third kappa shape index (κ3) is 2.14. The van der Waals surface area contributed by atoms with Crippen molar-refractivity contribution >= 4 is 6.29 Å². The van der Waals surface area contributed by atoms with Crippen LogP contribution in [0.15, 0.2) is 42.5 Å². The molecular formula is C16H16O2. The maximum atomic E-state index is 11.2. The molecule has 0 fully saturated rings. The number of hydrogen-bond donors (Lipinski definition) is 1. The first-order valence-electron chi connectivity index (χ1n) is 6.01. The fourth-order valence-electron chi connectivity index (χ4n) is 2.08. The Hall–Kier alpha value is -2.09. The summed E-state index contributed by atoms with van der Waals surface area (Å²) in [5.41, 5.74) is 2.88. The van der Waals surface area contributed by atoms with Gasteiger partial charge in [-0.1, -0.05) is 56.3 Å². The van der Waals surface area contributed by atoms with E-state index in [1.54, 1.807) is 0 Å². The fraction of sp³-hybridized carbons (Fsp3) is 0.188. The van der Waals surface area contributed by atoms with E-state index in [1.165, 1.54) is 0 Å². The summed E-state index contributed by atoms with van der Waals surface area (Å²) >= 11 is 0. The van der Waals surface area contributed by atoms with Crippen molar-refractivity contribution in [3.05, 3.63) is 53.6 Å². The van der Waals surface area contributed by atoms with Crippen molar-refractivity contribution in [2.24, 2.45) is 0 Å². The Labute approximate surface area is 107 Å². The molecule has 0 atom stereocenters. The van der Waals surface area contributed by atoms with Crippen LogP contribution in [0.5, 0.6) is 5.75 Å². The first kappa shape index (κ1) is 12.4. The first-order chi connectivity index (χ1) is 8.65. The van der Waals surface area contributed by atoms with Gasteiger partial charge < -0.3 is 5.11 Å². The molecule has 2 heteroatoms. The number of carbonyl (C=O) groups excluding carboxylic acids is 1. The molecule has 2 nitrogen and oxygen atoms in total. The third-order valence-corrected chi connectivity index (χ3v) is 3.07. The summed E-state index contributed by atoms with van der Waals surface area (Å²) in [4.78, 5) is 11.2. The van der Waals surface area contributed by atoms with E-state index in [1.807, 2.05) is 56.3 Å². The maximum Gasteiger partial charge on any atom is 0.154 e. The molecule has 0 heterocycles. The van der Waals surface area contributed by atoms with Gasteiger partial charge in [0, 0.05) is 0 Å². The highest BCUT2D eigenvalue weighted by Gasteiger charge is 2.14. The van der Waals surface area contributed by atoms with E-state index in [0.29, 0.717) is 5.56 Å². The van der Waals surface area contributed by atoms with Crippen LogP contribution in [0.25, 0.3) is 11.1 Å². The second-order valence-electron chi connectivity index (χ2n) is 4.60. The summed E-state index contributed by atoms with van der Waals surface area (Å²) in [5, 5.41) is 10.2. The van der Waals surface area contributed by atoms with Crippen LogP contribution >= 0.6 is 0 Å². The largest absolute Gasteiger partial charge is 0.507 e. The fourth-order valence-corrected chi connectivity index (χ4v) is 2.08. The van der Waals surface area contributed by atoms with Crippen LogP contribution in [0.4, 0.5) is 0 Å². The van der Waals surface area contributed by atoms with Gasteiger partial charge in [-0.3, -0.25) is 4.79 Å². The number of hydrogen-bond acceptors (Lipinski definition) is 2. The zero-order chi connectivity index (χ0) is 13.1. The highest BCUT2D eigenvalue weighted by atomic mass is 16.3. The molecule has 0 bridgehead atoms. The number of benzene rings is 2. The second kappa shape index (κ2) is 5.05. The highest BCUT2D eigenvalue weighted by molar-refractivity contribution is 5.91. The summed E-state index contributed by atoms with van der Waals surface area (Å²) in [7, 11) is 0. The Kier molecular flexibility index (Phi) is 3.47. The molecule has 0 saturated heterocycles. The molecule has 0 spiro atoms. The lowest BCUT2D eigenvalue weighted by atomic mass is 9.93. The van der Waals surface area contributed by atoms with Crippen LogP contribution in [0, 0.1) is 0 Å². The second-order valence-corrected chi connectivity index (χ2v) is 4.60. The highest BCUT2D eigenvalue weighted by Crippen LogP contribution is 2.34. The Balaban J connectivity index is 2.64. The molecule has 0 aliphatic carbocycles. The molecule has 0 aliphatic heterocycles. The van der Waals surface area contributed by atoms with Gasteiger partial charge in [-0.25, -0.2) is 0 Å². The van der Waals surface area contributed by atoms with Crippen molar-refractivity contribution in [2.45, 2.75) is 19.8 Å². The number of phenolic OH excluding ortho intramolecular Hbond substituents is 1. The van der Waals surface area contributed by atoms with Crippen LogP contribution in [0.3, 0.4) is 0 Å². The van der Waals surface area contributed by atoms with Crippen LogP contribution in [-0.4, -0.2) is 11.4 Å². The Morgan fingerprint density at radius 2 is 1.72 bits per heavy atom. The number of phenols is 1. The van der Waals surface area contributed by atoms with Crippen LogP contribution in [0.1, 0.15) is 35.7 Å². The predicted octanol–water partition coefficient (Wildman–Crippen LogP) is 4.00. The summed E-state index contributed by atoms with van der Waals surface area (Å²) in [5.74, 6) is 0.287. The number of aromatic hydroxyl groups is 1. The minimum atomic E-state index is 0.0985. The van der Waals surface area contributed by atoms with Crippen LogP contribution in [0.2, 0.25) is 0 Å². The van der Waals surface area contributed by atoms with Gasteiger partial charge in [0.05, 0.1) is 5.56 Å². The van der Waals surface area contributed by atoms with Gasteiger partial charge in [0.25, 0.3) is 0 Å². The lowest BCUT2D eigenvalue weighted by Crippen LogP contribution is -1.95. The minimum Gasteiger partial charge on any atom is -0.507 e. The lowest BCUT2D eigenvalue weighted by Gasteiger charge is -2.13. The quantitative estimate of drug-likeness (QED) is 0.823. The Morgan fingerprint density at radius 1 is 1.06 bits per heavy atom. The molecule has 2 aromatic carbocycles. The molecule has 0 radical (unpaired) electrons. The molecule has 18 heavy (non-hydrogen) atoms. The van der Waals surface area contributed by atoms with Gasteiger partial charge in [-0.15, -0.1) is 0 Å². The maximum absolute atomic E-state index is 11.2. The van der Waals surface area contributed by atoms with Gasteiger partial charge in [-0.2, -0.15) is 0 Å². The van der Waals surface area contributed by atoms with Crippen molar-refractivity contribution in [3.8, 4) is 16.9 Å². The van der Waals surface area contributed by atoms with E-state index in [4.69, 9.17) is 0 Å².